The smallest absolute Gasteiger partial charge is 0.122 e. The normalized spacial score (nSPS) is 20.6. The minimum absolute atomic E-state index is 0.490. The van der Waals surface area contributed by atoms with Gasteiger partial charge in [0.05, 0.1) is 6.61 Å². The number of ether oxygens (including phenoxy) is 1. The molecule has 0 saturated heterocycles. The fourth-order valence-electron chi connectivity index (χ4n) is 3.83. The second-order valence-electron chi connectivity index (χ2n) is 7.35. The lowest BCUT2D eigenvalue weighted by Crippen LogP contribution is -2.31. The molecule has 0 amide bonds. The van der Waals surface area contributed by atoms with Gasteiger partial charge < -0.3 is 10.1 Å². The van der Waals surface area contributed by atoms with E-state index in [1.165, 1.54) is 42.4 Å². The molecule has 0 spiro atoms. The van der Waals surface area contributed by atoms with Crippen molar-refractivity contribution < 1.29 is 4.74 Å². The van der Waals surface area contributed by atoms with E-state index in [9.17, 15) is 0 Å². The van der Waals surface area contributed by atoms with Crippen LogP contribution in [0.2, 0.25) is 0 Å². The van der Waals surface area contributed by atoms with Gasteiger partial charge in [-0.1, -0.05) is 61.7 Å². The number of hydrogen-bond acceptors (Lipinski definition) is 2. The first-order valence-electron chi connectivity index (χ1n) is 9.39. The lowest BCUT2D eigenvalue weighted by atomic mass is 9.81. The van der Waals surface area contributed by atoms with E-state index in [4.69, 9.17) is 4.74 Å². The fraction of sp³-hybridized carbons (Fsp3) is 0.455. The van der Waals surface area contributed by atoms with Crippen molar-refractivity contribution in [3.05, 3.63) is 65.2 Å². The minimum atomic E-state index is 0.490. The summed E-state index contributed by atoms with van der Waals surface area (Å²) in [6.07, 6.45) is 7.65. The molecular formula is C22H27NO. The van der Waals surface area contributed by atoms with Crippen LogP contribution in [0.3, 0.4) is 0 Å². The van der Waals surface area contributed by atoms with Crippen LogP contribution in [0, 0.1) is 5.92 Å². The van der Waals surface area contributed by atoms with Crippen LogP contribution in [0.25, 0.3) is 0 Å². The summed E-state index contributed by atoms with van der Waals surface area (Å²) in [7, 11) is 0. The Morgan fingerprint density at radius 1 is 0.958 bits per heavy atom. The van der Waals surface area contributed by atoms with E-state index in [0.29, 0.717) is 6.04 Å². The second kappa shape index (κ2) is 7.40. The first-order chi connectivity index (χ1) is 11.9. The molecule has 24 heavy (non-hydrogen) atoms. The number of fused-ring (bicyclic) bond motifs is 1. The SMILES string of the molecule is c1cc(CNC2CCOc3ccccc3C2)cc(CC2CCC2)c1. The van der Waals surface area contributed by atoms with E-state index in [1.54, 1.807) is 0 Å². The van der Waals surface area contributed by atoms with Crippen LogP contribution in [0.15, 0.2) is 48.5 Å². The number of benzene rings is 2. The Morgan fingerprint density at radius 2 is 1.83 bits per heavy atom. The molecule has 1 atom stereocenters. The maximum absolute atomic E-state index is 5.87. The molecule has 1 saturated carbocycles. The van der Waals surface area contributed by atoms with Crippen LogP contribution in [-0.2, 0) is 19.4 Å². The number of para-hydroxylation sites is 1. The van der Waals surface area contributed by atoms with Crippen molar-refractivity contribution in [2.24, 2.45) is 5.92 Å². The van der Waals surface area contributed by atoms with E-state index in [2.05, 4.69) is 53.8 Å². The van der Waals surface area contributed by atoms with Crippen LogP contribution >= 0.6 is 0 Å². The monoisotopic (exact) mass is 321 g/mol. The summed E-state index contributed by atoms with van der Waals surface area (Å²) < 4.78 is 5.87. The van der Waals surface area contributed by atoms with Gasteiger partial charge in [0.1, 0.15) is 5.75 Å². The zero-order valence-electron chi connectivity index (χ0n) is 14.3. The highest BCUT2D eigenvalue weighted by atomic mass is 16.5. The molecule has 4 rings (SSSR count). The zero-order valence-corrected chi connectivity index (χ0v) is 14.3. The van der Waals surface area contributed by atoms with Crippen molar-refractivity contribution in [2.45, 2.75) is 51.1 Å². The van der Waals surface area contributed by atoms with E-state index in [0.717, 1.165) is 37.7 Å². The highest BCUT2D eigenvalue weighted by molar-refractivity contribution is 5.34. The van der Waals surface area contributed by atoms with Crippen molar-refractivity contribution in [1.29, 1.82) is 0 Å². The van der Waals surface area contributed by atoms with E-state index in [1.807, 2.05) is 0 Å². The Bertz CT molecular complexity index is 677. The summed E-state index contributed by atoms with van der Waals surface area (Å²) in [6.45, 7) is 1.75. The van der Waals surface area contributed by atoms with Gasteiger partial charge in [0, 0.05) is 12.6 Å². The molecule has 1 fully saturated rings. The van der Waals surface area contributed by atoms with Gasteiger partial charge in [-0.15, -0.1) is 0 Å². The molecule has 1 aliphatic heterocycles. The summed E-state index contributed by atoms with van der Waals surface area (Å²) in [5, 5.41) is 3.75. The Balaban J connectivity index is 1.35. The van der Waals surface area contributed by atoms with Gasteiger partial charge in [0.2, 0.25) is 0 Å². The minimum Gasteiger partial charge on any atom is -0.493 e. The summed E-state index contributed by atoms with van der Waals surface area (Å²) in [6, 6.07) is 18.1. The summed E-state index contributed by atoms with van der Waals surface area (Å²) >= 11 is 0. The molecule has 0 bridgehead atoms. The van der Waals surface area contributed by atoms with Gasteiger partial charge in [-0.2, -0.15) is 0 Å². The van der Waals surface area contributed by atoms with Gasteiger partial charge in [0.15, 0.2) is 0 Å². The third-order valence-corrected chi connectivity index (χ3v) is 5.50. The predicted molar refractivity (Wildman–Crippen MR) is 98.4 cm³/mol. The summed E-state index contributed by atoms with van der Waals surface area (Å²) in [5.41, 5.74) is 4.24. The van der Waals surface area contributed by atoms with Crippen LogP contribution in [0.4, 0.5) is 0 Å². The number of hydrogen-bond donors (Lipinski definition) is 1. The van der Waals surface area contributed by atoms with E-state index in [-0.39, 0.29) is 0 Å². The first kappa shape index (κ1) is 15.7. The topological polar surface area (TPSA) is 21.3 Å². The van der Waals surface area contributed by atoms with Crippen molar-refractivity contribution in [3.63, 3.8) is 0 Å². The Morgan fingerprint density at radius 3 is 2.71 bits per heavy atom. The molecule has 1 heterocycles. The van der Waals surface area contributed by atoms with Gasteiger partial charge >= 0.3 is 0 Å². The molecule has 1 N–H and O–H groups in total. The van der Waals surface area contributed by atoms with E-state index >= 15 is 0 Å². The van der Waals surface area contributed by atoms with E-state index < -0.39 is 0 Å². The molecule has 2 aromatic carbocycles. The highest BCUT2D eigenvalue weighted by Gasteiger charge is 2.18. The van der Waals surface area contributed by atoms with Crippen LogP contribution < -0.4 is 10.1 Å². The summed E-state index contributed by atoms with van der Waals surface area (Å²) in [5.74, 6) is 1.99. The molecule has 0 radical (unpaired) electrons. The lowest BCUT2D eigenvalue weighted by Gasteiger charge is -2.25. The molecule has 2 aromatic rings. The number of rotatable bonds is 5. The Labute approximate surface area is 145 Å². The standard InChI is InChI=1S/C22H27NO/c1-2-10-22-20(9-1)15-21(11-12-24-22)23-16-19-8-4-7-18(14-19)13-17-5-3-6-17/h1-2,4,7-10,14,17,21,23H,3,5-6,11-13,15-16H2. The van der Waals surface area contributed by atoms with Crippen molar-refractivity contribution in [1.82, 2.24) is 5.32 Å². The highest BCUT2D eigenvalue weighted by Crippen LogP contribution is 2.30. The average Bonchev–Trinajstić information content (AvgIpc) is 2.78. The van der Waals surface area contributed by atoms with Crippen molar-refractivity contribution in [2.75, 3.05) is 6.61 Å². The van der Waals surface area contributed by atoms with Crippen molar-refractivity contribution >= 4 is 0 Å². The fourth-order valence-corrected chi connectivity index (χ4v) is 3.83. The Hall–Kier alpha value is -1.80. The largest absolute Gasteiger partial charge is 0.493 e. The van der Waals surface area contributed by atoms with Crippen LogP contribution in [0.1, 0.15) is 42.4 Å². The van der Waals surface area contributed by atoms with Gasteiger partial charge in [0.25, 0.3) is 0 Å². The third-order valence-electron chi connectivity index (χ3n) is 5.50. The van der Waals surface area contributed by atoms with Crippen LogP contribution in [-0.4, -0.2) is 12.6 Å². The second-order valence-corrected chi connectivity index (χ2v) is 7.35. The molecule has 2 heteroatoms. The maximum Gasteiger partial charge on any atom is 0.122 e. The lowest BCUT2D eigenvalue weighted by molar-refractivity contribution is 0.300. The van der Waals surface area contributed by atoms with Gasteiger partial charge in [-0.05, 0) is 47.9 Å². The molecule has 126 valence electrons. The predicted octanol–water partition coefficient (Wildman–Crippen LogP) is 4.51. The average molecular weight is 321 g/mol. The molecule has 1 aliphatic carbocycles. The van der Waals surface area contributed by atoms with Crippen molar-refractivity contribution in [3.8, 4) is 5.75 Å². The first-order valence-corrected chi connectivity index (χ1v) is 9.39. The Kier molecular flexibility index (Phi) is 4.84. The van der Waals surface area contributed by atoms with Crippen LogP contribution in [0.5, 0.6) is 5.75 Å². The molecule has 1 unspecified atom stereocenters. The molecule has 2 aliphatic rings. The number of nitrogens with one attached hydrogen (secondary N) is 1. The third kappa shape index (κ3) is 3.81. The summed E-state index contributed by atoms with van der Waals surface area (Å²) in [4.78, 5) is 0. The zero-order chi connectivity index (χ0) is 16.2. The molecule has 2 nitrogen and oxygen atoms in total. The molecule has 0 aromatic heterocycles. The van der Waals surface area contributed by atoms with Gasteiger partial charge in [-0.3, -0.25) is 0 Å². The quantitative estimate of drug-likeness (QED) is 0.874. The maximum atomic E-state index is 5.87. The molecular weight excluding hydrogens is 294 g/mol. The van der Waals surface area contributed by atoms with Gasteiger partial charge in [-0.25, -0.2) is 0 Å².